The summed E-state index contributed by atoms with van der Waals surface area (Å²) in [5.41, 5.74) is 0. The van der Waals surface area contributed by atoms with Gasteiger partial charge in [-0.05, 0) is 11.1 Å². The largest absolute Gasteiger partial charge is 0.414 e. The van der Waals surface area contributed by atoms with E-state index in [0.29, 0.717) is 5.04 Å². The summed E-state index contributed by atoms with van der Waals surface area (Å²) in [5.74, 6) is 0. The maximum atomic E-state index is 6.13. The van der Waals surface area contributed by atoms with Gasteiger partial charge in [-0.25, -0.2) is 0 Å². The third-order valence-corrected chi connectivity index (χ3v) is 7.94. The van der Waals surface area contributed by atoms with Crippen LogP contribution in [0.3, 0.4) is 0 Å². The third kappa shape index (κ3) is 17.3. The molecule has 0 unspecified atom stereocenters. The molecule has 1 radical (unpaired) electrons. The van der Waals surface area contributed by atoms with E-state index in [1.807, 2.05) is 0 Å². The Balaban J connectivity index is 3.45. The Hall–Kier alpha value is 0.137. The number of hydrogen-bond acceptors (Lipinski definition) is 2. The minimum Gasteiger partial charge on any atom is -0.414 e. The summed E-state index contributed by atoms with van der Waals surface area (Å²) in [6.45, 7) is 10.8. The minimum absolute atomic E-state index is 0.329. The van der Waals surface area contributed by atoms with Gasteiger partial charge in [-0.1, -0.05) is 111 Å². The van der Waals surface area contributed by atoms with Gasteiger partial charge in [0.15, 0.2) is 0 Å². The van der Waals surface area contributed by atoms with Crippen LogP contribution in [0.1, 0.15) is 111 Å². The van der Waals surface area contributed by atoms with Crippen LogP contribution in [0, 0.1) is 0 Å². The van der Waals surface area contributed by atoms with Crippen LogP contribution in [0.25, 0.3) is 0 Å². The number of unbranched alkanes of at least 4 members (excludes halogenated alkanes) is 12. The van der Waals surface area contributed by atoms with Crippen molar-refractivity contribution < 1.29 is 9.16 Å². The highest BCUT2D eigenvalue weighted by molar-refractivity contribution is 6.55. The van der Waals surface area contributed by atoms with E-state index in [2.05, 4.69) is 27.7 Å². The van der Waals surface area contributed by atoms with Crippen molar-refractivity contribution in [1.82, 2.24) is 0 Å². The van der Waals surface area contributed by atoms with Gasteiger partial charge in [-0.3, -0.25) is 0 Å². The van der Waals surface area contributed by atoms with Crippen LogP contribution >= 0.6 is 0 Å². The first-order valence-corrected chi connectivity index (χ1v) is 12.6. The van der Waals surface area contributed by atoms with Crippen molar-refractivity contribution in [2.75, 3.05) is 20.3 Å². The van der Waals surface area contributed by atoms with Gasteiger partial charge < -0.3 is 9.16 Å². The van der Waals surface area contributed by atoms with Crippen LogP contribution < -0.4 is 0 Å². The first-order valence-electron chi connectivity index (χ1n) is 11.0. The Morgan fingerprint density at radius 3 is 1.48 bits per heavy atom. The summed E-state index contributed by atoms with van der Waals surface area (Å²) in [6.07, 6.45) is 18.5. The molecular weight excluding hydrogens is 324 g/mol. The molecule has 0 rings (SSSR count). The summed E-state index contributed by atoms with van der Waals surface area (Å²) < 4.78 is 11.2. The topological polar surface area (TPSA) is 18.5 Å². The SMILES string of the molecule is CCCCCCCCCCCCCCC[Si](OCCOC)C(C)(C)C. The summed E-state index contributed by atoms with van der Waals surface area (Å²) >= 11 is 0. The van der Waals surface area contributed by atoms with Crippen molar-refractivity contribution in [2.45, 2.75) is 122 Å². The molecule has 25 heavy (non-hydrogen) atoms. The molecular formula is C22H47O2Si. The van der Waals surface area contributed by atoms with Gasteiger partial charge >= 0.3 is 0 Å². The molecule has 0 atom stereocenters. The molecule has 0 amide bonds. The van der Waals surface area contributed by atoms with E-state index in [1.54, 1.807) is 7.11 Å². The molecule has 0 aromatic carbocycles. The van der Waals surface area contributed by atoms with Crippen LogP contribution in [0.4, 0.5) is 0 Å². The Morgan fingerprint density at radius 1 is 0.640 bits per heavy atom. The predicted octanol–water partition coefficient (Wildman–Crippen LogP) is 7.53. The number of ether oxygens (including phenoxy) is 1. The lowest BCUT2D eigenvalue weighted by Gasteiger charge is -2.28. The van der Waals surface area contributed by atoms with Crippen molar-refractivity contribution in [3.05, 3.63) is 0 Å². The Bertz CT molecular complexity index is 263. The summed E-state index contributed by atoms with van der Waals surface area (Å²) in [4.78, 5) is 0. The lowest BCUT2D eigenvalue weighted by Crippen LogP contribution is -2.30. The van der Waals surface area contributed by atoms with E-state index in [9.17, 15) is 0 Å². The molecule has 2 nitrogen and oxygen atoms in total. The van der Waals surface area contributed by atoms with Crippen LogP contribution in [-0.2, 0) is 9.16 Å². The second-order valence-electron chi connectivity index (χ2n) is 8.51. The van der Waals surface area contributed by atoms with Gasteiger partial charge in [-0.15, -0.1) is 0 Å². The maximum Gasteiger partial charge on any atom is 0.217 e. The van der Waals surface area contributed by atoms with E-state index in [1.165, 1.54) is 89.5 Å². The van der Waals surface area contributed by atoms with Crippen molar-refractivity contribution in [3.8, 4) is 0 Å². The van der Waals surface area contributed by atoms with Gasteiger partial charge in [0.1, 0.15) is 0 Å². The van der Waals surface area contributed by atoms with E-state index in [-0.39, 0.29) is 0 Å². The highest BCUT2D eigenvalue weighted by Crippen LogP contribution is 2.31. The maximum absolute atomic E-state index is 6.13. The molecule has 0 aromatic heterocycles. The zero-order valence-corrected chi connectivity index (χ0v) is 19.1. The minimum atomic E-state index is -0.727. The van der Waals surface area contributed by atoms with Gasteiger partial charge in [0.05, 0.1) is 13.2 Å². The summed E-state index contributed by atoms with van der Waals surface area (Å²) in [7, 11) is 1.02. The number of hydrogen-bond donors (Lipinski definition) is 0. The molecule has 0 N–H and O–H groups in total. The van der Waals surface area contributed by atoms with Crippen LogP contribution in [0.2, 0.25) is 11.1 Å². The first kappa shape index (κ1) is 25.1. The fraction of sp³-hybridized carbons (Fsp3) is 1.00. The standard InChI is InChI=1S/C22H47O2Si/c1-6-7-8-9-10-11-12-13-14-15-16-17-18-21-25(22(2,3)4)24-20-19-23-5/h6-21H2,1-5H3. The average Bonchev–Trinajstić information content (AvgIpc) is 2.56. The zero-order valence-electron chi connectivity index (χ0n) is 18.1. The fourth-order valence-electron chi connectivity index (χ4n) is 3.22. The highest BCUT2D eigenvalue weighted by Gasteiger charge is 2.28. The molecule has 0 spiro atoms. The summed E-state index contributed by atoms with van der Waals surface area (Å²) in [6, 6.07) is 1.29. The molecule has 0 saturated heterocycles. The zero-order chi connectivity index (χ0) is 18.8. The monoisotopic (exact) mass is 371 g/mol. The van der Waals surface area contributed by atoms with Crippen molar-refractivity contribution in [2.24, 2.45) is 0 Å². The highest BCUT2D eigenvalue weighted by atomic mass is 28.3. The lowest BCUT2D eigenvalue weighted by molar-refractivity contribution is 0.142. The normalized spacial score (nSPS) is 12.2. The molecule has 0 aliphatic carbocycles. The van der Waals surface area contributed by atoms with Gasteiger partial charge in [-0.2, -0.15) is 0 Å². The number of rotatable bonds is 18. The average molecular weight is 372 g/mol. The second kappa shape index (κ2) is 17.5. The second-order valence-corrected chi connectivity index (χ2v) is 11.6. The molecule has 3 heteroatoms. The van der Waals surface area contributed by atoms with Gasteiger partial charge in [0.2, 0.25) is 9.04 Å². The molecule has 0 bridgehead atoms. The third-order valence-electron chi connectivity index (χ3n) is 4.91. The molecule has 0 heterocycles. The smallest absolute Gasteiger partial charge is 0.217 e. The molecule has 0 aliphatic heterocycles. The van der Waals surface area contributed by atoms with E-state index in [4.69, 9.17) is 9.16 Å². The quantitative estimate of drug-likeness (QED) is 0.183. The van der Waals surface area contributed by atoms with Crippen molar-refractivity contribution in [1.29, 1.82) is 0 Å². The Morgan fingerprint density at radius 2 is 1.08 bits per heavy atom. The van der Waals surface area contributed by atoms with E-state index >= 15 is 0 Å². The predicted molar refractivity (Wildman–Crippen MR) is 114 cm³/mol. The van der Waals surface area contributed by atoms with Gasteiger partial charge in [0, 0.05) is 7.11 Å². The molecule has 0 saturated carbocycles. The van der Waals surface area contributed by atoms with Crippen LogP contribution in [0.15, 0.2) is 0 Å². The van der Waals surface area contributed by atoms with Crippen molar-refractivity contribution >= 4 is 9.04 Å². The molecule has 151 valence electrons. The molecule has 0 aliphatic rings. The Labute approximate surface area is 161 Å². The number of methoxy groups -OCH3 is 1. The Kier molecular flexibility index (Phi) is 17.6. The molecule has 0 fully saturated rings. The first-order chi connectivity index (χ1) is 12.0. The lowest BCUT2D eigenvalue weighted by atomic mass is 10.1. The molecule has 0 aromatic rings. The fourth-order valence-corrected chi connectivity index (χ4v) is 5.44. The van der Waals surface area contributed by atoms with Crippen LogP contribution in [-0.4, -0.2) is 29.4 Å². The van der Waals surface area contributed by atoms with Crippen molar-refractivity contribution in [3.63, 3.8) is 0 Å². The van der Waals surface area contributed by atoms with Gasteiger partial charge in [0.25, 0.3) is 0 Å². The summed E-state index contributed by atoms with van der Waals surface area (Å²) in [5, 5.41) is 0.329. The van der Waals surface area contributed by atoms with E-state index in [0.717, 1.165) is 13.2 Å². The van der Waals surface area contributed by atoms with E-state index < -0.39 is 9.04 Å². The van der Waals surface area contributed by atoms with Crippen LogP contribution in [0.5, 0.6) is 0 Å².